The van der Waals surface area contributed by atoms with Gasteiger partial charge in [0.15, 0.2) is 0 Å². The molecule has 1 aromatic carbocycles. The highest BCUT2D eigenvalue weighted by molar-refractivity contribution is 5.88. The third-order valence-corrected chi connectivity index (χ3v) is 1.81. The van der Waals surface area contributed by atoms with Crippen LogP contribution in [0, 0.1) is 0 Å². The molecule has 0 aromatic heterocycles. The maximum absolute atomic E-state index is 11.2. The summed E-state index contributed by atoms with van der Waals surface area (Å²) in [5, 5.41) is 0. The van der Waals surface area contributed by atoms with Gasteiger partial charge in [-0.25, -0.2) is 14.6 Å². The molecule has 0 aliphatic rings. The summed E-state index contributed by atoms with van der Waals surface area (Å²) in [5.41, 5.74) is 1.19. The molecule has 0 fully saturated rings. The van der Waals surface area contributed by atoms with Gasteiger partial charge >= 0.3 is 5.97 Å². The number of benzene rings is 1. The van der Waals surface area contributed by atoms with Gasteiger partial charge in [0.25, 0.3) is 0 Å². The number of isocyanates is 1. The highest BCUT2D eigenvalue weighted by Gasteiger charge is 2.04. The average Bonchev–Trinajstić information content (AvgIpc) is 2.28. The molecule has 0 bridgehead atoms. The van der Waals surface area contributed by atoms with Gasteiger partial charge in [-0.15, -0.1) is 0 Å². The molecule has 0 radical (unpaired) electrons. The maximum atomic E-state index is 11.2. The summed E-state index contributed by atoms with van der Waals surface area (Å²) in [6.07, 6.45) is 1.46. The van der Waals surface area contributed by atoms with Crippen LogP contribution < -0.4 is 4.74 Å². The van der Waals surface area contributed by atoms with Crippen LogP contribution in [0.4, 0.5) is 0 Å². The molecule has 0 aliphatic carbocycles. The monoisotopic (exact) mass is 217 g/mol. The molecule has 16 heavy (non-hydrogen) atoms. The van der Waals surface area contributed by atoms with E-state index in [1.54, 1.807) is 31.2 Å². The van der Waals surface area contributed by atoms with Crippen molar-refractivity contribution in [1.82, 2.24) is 0 Å². The van der Waals surface area contributed by atoms with Crippen LogP contribution >= 0.6 is 0 Å². The standard InChI is InChI=1S/C12H11NO3/c1-9(2)12(15)16-11-5-3-10(4-6-11)7-13-8-14/h3-6H,1,7H2,2H3. The summed E-state index contributed by atoms with van der Waals surface area (Å²) in [4.78, 5) is 24.5. The van der Waals surface area contributed by atoms with E-state index in [-0.39, 0.29) is 6.54 Å². The van der Waals surface area contributed by atoms with Gasteiger partial charge in [-0.05, 0) is 24.6 Å². The van der Waals surface area contributed by atoms with E-state index in [4.69, 9.17) is 4.74 Å². The summed E-state index contributed by atoms with van der Waals surface area (Å²) >= 11 is 0. The van der Waals surface area contributed by atoms with Gasteiger partial charge < -0.3 is 4.74 Å². The van der Waals surface area contributed by atoms with E-state index in [9.17, 15) is 9.59 Å². The molecule has 0 heterocycles. The molecule has 4 heteroatoms. The number of hydrogen-bond acceptors (Lipinski definition) is 4. The smallest absolute Gasteiger partial charge is 0.338 e. The Morgan fingerprint density at radius 3 is 2.56 bits per heavy atom. The molecule has 0 saturated heterocycles. The lowest BCUT2D eigenvalue weighted by atomic mass is 10.2. The Morgan fingerprint density at radius 2 is 2.06 bits per heavy atom. The predicted octanol–water partition coefficient (Wildman–Crippen LogP) is 2.00. The predicted molar refractivity (Wildman–Crippen MR) is 58.7 cm³/mol. The van der Waals surface area contributed by atoms with E-state index in [1.807, 2.05) is 0 Å². The second-order valence-electron chi connectivity index (χ2n) is 3.22. The fourth-order valence-electron chi connectivity index (χ4n) is 0.981. The second-order valence-corrected chi connectivity index (χ2v) is 3.22. The molecule has 1 rings (SSSR count). The Morgan fingerprint density at radius 1 is 1.44 bits per heavy atom. The first-order valence-corrected chi connectivity index (χ1v) is 4.63. The van der Waals surface area contributed by atoms with E-state index in [2.05, 4.69) is 11.6 Å². The topological polar surface area (TPSA) is 55.7 Å². The zero-order valence-electron chi connectivity index (χ0n) is 8.90. The van der Waals surface area contributed by atoms with Crippen molar-refractivity contribution < 1.29 is 14.3 Å². The first-order valence-electron chi connectivity index (χ1n) is 4.63. The molecular weight excluding hydrogens is 206 g/mol. The summed E-state index contributed by atoms with van der Waals surface area (Å²) < 4.78 is 4.99. The molecule has 0 spiro atoms. The zero-order valence-corrected chi connectivity index (χ0v) is 8.90. The second kappa shape index (κ2) is 5.63. The normalized spacial score (nSPS) is 9.06. The molecule has 0 saturated carbocycles. The summed E-state index contributed by atoms with van der Waals surface area (Å²) in [7, 11) is 0. The lowest BCUT2D eigenvalue weighted by Gasteiger charge is -2.03. The van der Waals surface area contributed by atoms with Crippen LogP contribution in [0.3, 0.4) is 0 Å². The van der Waals surface area contributed by atoms with E-state index in [1.165, 1.54) is 6.08 Å². The minimum absolute atomic E-state index is 0.276. The lowest BCUT2D eigenvalue weighted by molar-refractivity contribution is -0.130. The van der Waals surface area contributed by atoms with Gasteiger partial charge in [0, 0.05) is 5.57 Å². The van der Waals surface area contributed by atoms with Crippen LogP contribution in [0.1, 0.15) is 12.5 Å². The number of nitrogens with zero attached hydrogens (tertiary/aromatic N) is 1. The molecule has 82 valence electrons. The summed E-state index contributed by atoms with van der Waals surface area (Å²) in [5.74, 6) is -0.0227. The van der Waals surface area contributed by atoms with Gasteiger partial charge in [0.05, 0.1) is 6.54 Å². The lowest BCUT2D eigenvalue weighted by Crippen LogP contribution is -2.07. The fourth-order valence-corrected chi connectivity index (χ4v) is 0.981. The van der Waals surface area contributed by atoms with Gasteiger partial charge in [0.2, 0.25) is 6.08 Å². The van der Waals surface area contributed by atoms with Crippen LogP contribution in [0.15, 0.2) is 41.4 Å². The molecule has 0 amide bonds. The SMILES string of the molecule is C=C(C)C(=O)Oc1ccc(CN=C=O)cc1. The van der Waals surface area contributed by atoms with Crippen molar-refractivity contribution in [2.75, 3.05) is 0 Å². The number of carbonyl (C=O) groups excluding carboxylic acids is 2. The Kier molecular flexibility index (Phi) is 4.18. The van der Waals surface area contributed by atoms with E-state index < -0.39 is 5.97 Å². The molecule has 0 unspecified atom stereocenters. The van der Waals surface area contributed by atoms with Crippen molar-refractivity contribution in [3.63, 3.8) is 0 Å². The van der Waals surface area contributed by atoms with Gasteiger partial charge in [-0.1, -0.05) is 18.7 Å². The van der Waals surface area contributed by atoms with Crippen molar-refractivity contribution in [2.24, 2.45) is 4.99 Å². The first kappa shape index (κ1) is 11.9. The number of rotatable bonds is 4. The van der Waals surface area contributed by atoms with Gasteiger partial charge in [0.1, 0.15) is 5.75 Å². The third kappa shape index (κ3) is 3.52. The molecule has 0 aliphatic heterocycles. The molecule has 4 nitrogen and oxygen atoms in total. The largest absolute Gasteiger partial charge is 0.423 e. The number of hydrogen-bond donors (Lipinski definition) is 0. The van der Waals surface area contributed by atoms with Gasteiger partial charge in [-0.2, -0.15) is 0 Å². The molecule has 0 atom stereocenters. The maximum Gasteiger partial charge on any atom is 0.338 e. The number of ether oxygens (including phenoxy) is 1. The minimum Gasteiger partial charge on any atom is -0.423 e. The van der Waals surface area contributed by atoms with Gasteiger partial charge in [-0.3, -0.25) is 0 Å². The first-order chi connectivity index (χ1) is 7.63. The van der Waals surface area contributed by atoms with E-state index >= 15 is 0 Å². The third-order valence-electron chi connectivity index (χ3n) is 1.81. The highest BCUT2D eigenvalue weighted by atomic mass is 16.5. The van der Waals surface area contributed by atoms with Crippen molar-refractivity contribution in [3.8, 4) is 5.75 Å². The molecule has 1 aromatic rings. The Labute approximate surface area is 93.3 Å². The zero-order chi connectivity index (χ0) is 12.0. The number of aliphatic imine (C=N–C) groups is 1. The van der Waals surface area contributed by atoms with Crippen LogP contribution in [0.5, 0.6) is 5.75 Å². The molecule has 0 N–H and O–H groups in total. The van der Waals surface area contributed by atoms with Crippen molar-refractivity contribution in [2.45, 2.75) is 13.5 Å². The average molecular weight is 217 g/mol. The van der Waals surface area contributed by atoms with Crippen LogP contribution in [-0.2, 0) is 16.1 Å². The van der Waals surface area contributed by atoms with Crippen molar-refractivity contribution in [3.05, 3.63) is 42.0 Å². The number of esters is 1. The highest BCUT2D eigenvalue weighted by Crippen LogP contribution is 2.13. The Balaban J connectivity index is 2.67. The van der Waals surface area contributed by atoms with E-state index in [0.29, 0.717) is 11.3 Å². The van der Waals surface area contributed by atoms with Crippen LogP contribution in [-0.4, -0.2) is 12.0 Å². The van der Waals surface area contributed by atoms with E-state index in [0.717, 1.165) is 5.56 Å². The van der Waals surface area contributed by atoms with Crippen molar-refractivity contribution in [1.29, 1.82) is 0 Å². The van der Waals surface area contributed by atoms with Crippen LogP contribution in [0.2, 0.25) is 0 Å². The Hall–Kier alpha value is -2.19. The number of carbonyl (C=O) groups is 1. The summed E-state index contributed by atoms with van der Waals surface area (Å²) in [6, 6.07) is 6.72. The Bertz CT molecular complexity index is 442. The molecular formula is C12H11NO3. The van der Waals surface area contributed by atoms with Crippen LogP contribution in [0.25, 0.3) is 0 Å². The quantitative estimate of drug-likeness (QED) is 0.255. The fraction of sp³-hybridized carbons (Fsp3) is 0.167. The van der Waals surface area contributed by atoms with Crippen molar-refractivity contribution >= 4 is 12.0 Å². The summed E-state index contributed by atoms with van der Waals surface area (Å²) in [6.45, 7) is 5.33. The minimum atomic E-state index is -0.460.